The lowest BCUT2D eigenvalue weighted by atomic mass is 9.84. The van der Waals surface area contributed by atoms with Crippen LogP contribution >= 0.6 is 0 Å². The van der Waals surface area contributed by atoms with Crippen molar-refractivity contribution in [2.24, 2.45) is 11.3 Å². The molecule has 6 atom stereocenters. The number of hydrazine groups is 1. The van der Waals surface area contributed by atoms with Crippen LogP contribution in [0.3, 0.4) is 0 Å². The lowest BCUT2D eigenvalue weighted by Crippen LogP contribution is -2.62. The molecule has 9 rings (SSSR count). The molecule has 6 heterocycles. The lowest BCUT2D eigenvalue weighted by Gasteiger charge is -2.37. The first-order chi connectivity index (χ1) is 38.5. The Hall–Kier alpha value is -6.89. The number of benzene rings is 3. The van der Waals surface area contributed by atoms with Crippen molar-refractivity contribution in [1.82, 2.24) is 35.1 Å². The van der Waals surface area contributed by atoms with Gasteiger partial charge in [0.1, 0.15) is 35.8 Å². The lowest BCUT2D eigenvalue weighted by molar-refractivity contribution is -0.155. The molecule has 3 amide bonds. The number of phenols is 1. The fourth-order valence-electron chi connectivity index (χ4n) is 11.8. The average molecular weight is 1130 g/mol. The number of amides is 3. The molecule has 0 radical (unpaired) electrons. The molecule has 4 aliphatic rings. The number of fused-ring (bicyclic) bond motifs is 6. The van der Waals surface area contributed by atoms with Crippen molar-refractivity contribution >= 4 is 50.1 Å². The summed E-state index contributed by atoms with van der Waals surface area (Å²) in [5.41, 5.74) is 14.8. The van der Waals surface area contributed by atoms with E-state index in [0.717, 1.165) is 16.8 Å². The number of cyclic esters (lactones) is 1. The number of carbonyl (C=O) groups is 4. The maximum Gasteiger partial charge on any atom is 0.324 e. The van der Waals surface area contributed by atoms with Gasteiger partial charge in [-0.3, -0.25) is 34.1 Å². The Kier molecular flexibility index (Phi) is 17.6. The number of likely N-dealkylation sites (N-methyl/N-ethyl adjacent to an activating group) is 1. The number of halogens is 1. The monoisotopic (exact) mass is 1130 g/mol. The highest BCUT2D eigenvalue weighted by Gasteiger charge is 2.43. The summed E-state index contributed by atoms with van der Waals surface area (Å²) in [4.78, 5) is 66.7. The smallest absolute Gasteiger partial charge is 0.324 e. The number of methoxy groups -OCH3 is 1. The minimum absolute atomic E-state index is 0.0306. The Morgan fingerprint density at radius 3 is 2.48 bits per heavy atom. The van der Waals surface area contributed by atoms with E-state index in [9.17, 15) is 32.7 Å². The maximum absolute atomic E-state index is 17.2. The van der Waals surface area contributed by atoms with Crippen molar-refractivity contribution in [3.63, 3.8) is 0 Å². The van der Waals surface area contributed by atoms with Crippen LogP contribution in [0.4, 0.5) is 10.1 Å². The molecule has 5 unspecified atom stereocenters. The summed E-state index contributed by atoms with van der Waals surface area (Å²) in [7, 11) is 0.0939. The van der Waals surface area contributed by atoms with Gasteiger partial charge in [-0.25, -0.2) is 18.2 Å². The molecule has 0 aliphatic carbocycles. The van der Waals surface area contributed by atoms with E-state index in [1.54, 1.807) is 44.6 Å². The zero-order valence-electron chi connectivity index (χ0n) is 47.5. The number of nitrogens with one attached hydrogen (secondary N) is 2. The third-order valence-electron chi connectivity index (χ3n) is 16.2. The predicted molar refractivity (Wildman–Crippen MR) is 307 cm³/mol. The van der Waals surface area contributed by atoms with E-state index in [-0.39, 0.29) is 48.3 Å². The number of aryl methyl sites for hydroxylation is 1. The number of aromatic hydroxyl groups is 1. The largest absolute Gasteiger partial charge is 0.508 e. The van der Waals surface area contributed by atoms with Crippen LogP contribution in [0.15, 0.2) is 66.9 Å². The van der Waals surface area contributed by atoms with Crippen molar-refractivity contribution in [2.75, 3.05) is 70.8 Å². The summed E-state index contributed by atoms with van der Waals surface area (Å²) in [6.07, 6.45) is 1.90. The minimum Gasteiger partial charge on any atom is -0.508 e. The molecule has 0 saturated carbocycles. The molecule has 3 saturated heterocycles. The second-order valence-electron chi connectivity index (χ2n) is 23.1. The van der Waals surface area contributed by atoms with E-state index in [2.05, 4.69) is 22.6 Å². The highest BCUT2D eigenvalue weighted by atomic mass is 32.2. The van der Waals surface area contributed by atoms with Gasteiger partial charge in [0.25, 0.3) is 11.8 Å². The van der Waals surface area contributed by atoms with Crippen LogP contribution in [0.25, 0.3) is 33.3 Å². The number of phenolic OH excluding ortho intramolecular Hbond substituents is 1. The maximum atomic E-state index is 17.2. The van der Waals surface area contributed by atoms with E-state index in [0.29, 0.717) is 103 Å². The van der Waals surface area contributed by atoms with Crippen molar-refractivity contribution in [3.8, 4) is 40.0 Å². The molecular formula is C61H75FN8O10S. The molecule has 3 fully saturated rings. The van der Waals surface area contributed by atoms with Gasteiger partial charge in [-0.1, -0.05) is 57.7 Å². The first kappa shape index (κ1) is 58.8. The normalized spacial score (nSPS) is 22.1. The van der Waals surface area contributed by atoms with Gasteiger partial charge in [-0.15, -0.1) is 0 Å². The Labute approximate surface area is 473 Å². The molecule has 432 valence electrons. The van der Waals surface area contributed by atoms with E-state index in [1.807, 2.05) is 69.2 Å². The average Bonchev–Trinajstić information content (AvgIpc) is 3.39. The van der Waals surface area contributed by atoms with Gasteiger partial charge in [0.05, 0.1) is 47.7 Å². The quantitative estimate of drug-likeness (QED) is 0.0646. The SMILES string of the molecule is CCn1c(-c2cc(C#CCN3CCS(=O)(=O)CC3)cnc2C(C)OC)c2c3cc(c(F)cc31)-c1cc(O)cc(c1)CC(NC(=O)C(C(C)C)N(C)C(=O)C1OCCC1c1ccc(N)cc1)C(=O)N1CCC[C@H](N1)C(=O)OCC(C)(C)C2. The molecular weight excluding hydrogens is 1060 g/mol. The topological polar surface area (TPSA) is 228 Å². The van der Waals surface area contributed by atoms with Crippen LogP contribution in [0.2, 0.25) is 0 Å². The Bertz CT molecular complexity index is 3380. The molecule has 81 heavy (non-hydrogen) atoms. The highest BCUT2D eigenvalue weighted by Crippen LogP contribution is 2.44. The van der Waals surface area contributed by atoms with Gasteiger partial charge < -0.3 is 39.8 Å². The summed E-state index contributed by atoms with van der Waals surface area (Å²) in [5, 5.41) is 16.5. The van der Waals surface area contributed by atoms with E-state index < -0.39 is 81.0 Å². The second-order valence-corrected chi connectivity index (χ2v) is 25.4. The van der Waals surface area contributed by atoms with Crippen LogP contribution in [-0.4, -0.2) is 151 Å². The number of hydrogen-bond acceptors (Lipinski definition) is 14. The number of pyridine rings is 1. The van der Waals surface area contributed by atoms with Crippen LogP contribution in [0.5, 0.6) is 5.75 Å². The van der Waals surface area contributed by atoms with Gasteiger partial charge in [-0.05, 0) is 110 Å². The number of nitrogen functional groups attached to an aromatic ring is 1. The van der Waals surface area contributed by atoms with Crippen LogP contribution in [-0.2, 0) is 62.6 Å². The van der Waals surface area contributed by atoms with Crippen molar-refractivity contribution in [2.45, 2.75) is 116 Å². The molecule has 20 heteroatoms. The Morgan fingerprint density at radius 1 is 1.04 bits per heavy atom. The second kappa shape index (κ2) is 24.3. The molecule has 6 bridgehead atoms. The molecule has 18 nitrogen and oxygen atoms in total. The van der Waals surface area contributed by atoms with Gasteiger partial charge in [0.2, 0.25) is 5.91 Å². The molecule has 0 spiro atoms. The summed E-state index contributed by atoms with van der Waals surface area (Å²) >= 11 is 0. The number of hydrogen-bond donors (Lipinski definition) is 4. The first-order valence-corrected chi connectivity index (χ1v) is 29.8. The Morgan fingerprint density at radius 2 is 1.78 bits per heavy atom. The molecule has 2 aromatic heterocycles. The number of rotatable bonds is 11. The van der Waals surface area contributed by atoms with Crippen molar-refractivity contribution in [1.29, 1.82) is 0 Å². The number of aromatic nitrogens is 2. The van der Waals surface area contributed by atoms with Crippen molar-refractivity contribution < 1.29 is 51.3 Å². The molecule has 3 aromatic carbocycles. The van der Waals surface area contributed by atoms with Crippen LogP contribution in [0, 0.1) is 29.0 Å². The number of sulfone groups is 1. The fourth-order valence-corrected chi connectivity index (χ4v) is 13.1. The van der Waals surface area contributed by atoms with E-state index in [1.165, 1.54) is 28.1 Å². The summed E-state index contributed by atoms with van der Waals surface area (Å²) in [6.45, 7) is 13.6. The highest BCUT2D eigenvalue weighted by molar-refractivity contribution is 7.91. The summed E-state index contributed by atoms with van der Waals surface area (Å²) in [6, 6.07) is 13.9. The Balaban J connectivity index is 1.12. The third kappa shape index (κ3) is 12.9. The third-order valence-corrected chi connectivity index (χ3v) is 17.8. The van der Waals surface area contributed by atoms with E-state index in [4.69, 9.17) is 24.9 Å². The van der Waals surface area contributed by atoms with Gasteiger partial charge in [0, 0.05) is 98.7 Å². The van der Waals surface area contributed by atoms with E-state index >= 15 is 4.39 Å². The number of nitrogens with zero attached hydrogens (tertiary/aromatic N) is 5. The first-order valence-electron chi connectivity index (χ1n) is 28.0. The summed E-state index contributed by atoms with van der Waals surface area (Å²) < 4.78 is 61.6. The van der Waals surface area contributed by atoms with Crippen molar-refractivity contribution in [3.05, 3.63) is 101 Å². The van der Waals surface area contributed by atoms with Gasteiger partial charge in [0.15, 0.2) is 9.84 Å². The number of nitrogens with two attached hydrogens (primary N) is 1. The number of carbonyl (C=O) groups excluding carboxylic acids is 4. The standard InChI is InChI=1S/C61H75FN8O10S/c1-9-69-52-32-49(62)45-31-46(52)48(55(69)47-28-38(34-64-53(47)37(4)78-8)12-10-19-68-21-24-81(76,77)25-22-68)33-61(5,6)35-80-60(75)50-13-11-20-70(66-50)58(73)51(29-39-26-41(45)30-43(71)27-39)65-57(72)54(36(2)3)67(7)59(74)56-44(18-23-79-56)40-14-16-42(63)17-15-40/h14-17,26-28,30-32,34,36-37,44,50-51,54,56,66,71H,9,11,13,18-25,29,33,35,63H2,1-8H3,(H,65,72)/t37?,44?,50-,51?,54?,56?/m0/s1. The minimum atomic E-state index is -3.06. The number of esters is 1. The zero-order chi connectivity index (χ0) is 58.1. The van der Waals surface area contributed by atoms with Crippen LogP contribution in [0.1, 0.15) is 101 Å². The van der Waals surface area contributed by atoms with Crippen LogP contribution < -0.4 is 16.5 Å². The van der Waals surface area contributed by atoms with Gasteiger partial charge in [-0.2, -0.15) is 0 Å². The number of anilines is 1. The molecule has 4 aliphatic heterocycles. The zero-order valence-corrected chi connectivity index (χ0v) is 48.3. The number of ether oxygens (including phenoxy) is 3. The molecule has 5 N–H and O–H groups in total. The summed E-state index contributed by atoms with van der Waals surface area (Å²) in [5.74, 6) is 3.04. The van der Waals surface area contributed by atoms with Gasteiger partial charge >= 0.3 is 5.97 Å². The predicted octanol–water partition coefficient (Wildman–Crippen LogP) is 6.31. The fraction of sp³-hybridized carbons (Fsp3) is 0.492. The molecule has 5 aromatic rings.